The Kier molecular flexibility index (Phi) is 5.27. The Morgan fingerprint density at radius 2 is 1.97 bits per heavy atom. The Morgan fingerprint density at radius 1 is 1.17 bits per heavy atom. The number of carbonyl (C=O) groups is 1. The summed E-state index contributed by atoms with van der Waals surface area (Å²) in [5.74, 6) is 0.658. The van der Waals surface area contributed by atoms with E-state index in [0.29, 0.717) is 15.9 Å². The van der Waals surface area contributed by atoms with Crippen molar-refractivity contribution in [2.45, 2.75) is 33.6 Å². The van der Waals surface area contributed by atoms with Gasteiger partial charge < -0.3 is 15.4 Å². The highest BCUT2D eigenvalue weighted by molar-refractivity contribution is 7.20. The number of aryl methyl sites for hydroxylation is 2. The normalized spacial score (nSPS) is 12.9. The average molecular weight is 449 g/mol. The smallest absolute Gasteiger partial charge is 0.231 e. The molecule has 1 amide bonds. The monoisotopic (exact) mass is 448 g/mol. The number of hydrogen-bond donors (Lipinski definition) is 2. The Hall–Kier alpha value is -2.16. The van der Waals surface area contributed by atoms with Crippen molar-refractivity contribution >= 4 is 56.1 Å². The molecule has 0 bridgehead atoms. The van der Waals surface area contributed by atoms with Gasteiger partial charge in [-0.25, -0.2) is 9.97 Å². The Labute approximate surface area is 182 Å². The molecule has 2 N–H and O–H groups in total. The number of nitrogens with one attached hydrogen (secondary N) is 2. The molecule has 152 valence electrons. The molecule has 4 rings (SSSR count). The molecule has 3 aromatic rings. The summed E-state index contributed by atoms with van der Waals surface area (Å²) in [6, 6.07) is 5.43. The lowest BCUT2D eigenvalue weighted by atomic mass is 9.96. The average Bonchev–Trinajstić information content (AvgIpc) is 3.23. The van der Waals surface area contributed by atoms with Gasteiger partial charge in [0.25, 0.3) is 0 Å². The van der Waals surface area contributed by atoms with Gasteiger partial charge in [-0.15, -0.1) is 11.3 Å². The predicted octanol–water partition coefficient (Wildman–Crippen LogP) is 5.76. The molecule has 1 aliphatic carbocycles. The van der Waals surface area contributed by atoms with Crippen LogP contribution >= 0.6 is 34.3 Å². The Morgan fingerprint density at radius 3 is 2.69 bits per heavy atom. The maximum Gasteiger partial charge on any atom is 0.231 e. The number of rotatable bonds is 4. The van der Waals surface area contributed by atoms with Crippen LogP contribution in [0.5, 0.6) is 5.75 Å². The van der Waals surface area contributed by atoms with Crippen molar-refractivity contribution in [2.75, 3.05) is 17.7 Å². The van der Waals surface area contributed by atoms with Gasteiger partial charge in [0.05, 0.1) is 29.1 Å². The van der Waals surface area contributed by atoms with Gasteiger partial charge in [-0.05, 0) is 31.0 Å². The topological polar surface area (TPSA) is 76.1 Å². The molecule has 1 aromatic carbocycles. The van der Waals surface area contributed by atoms with Gasteiger partial charge in [0, 0.05) is 15.3 Å². The molecule has 0 radical (unpaired) electrons. The number of anilines is 3. The van der Waals surface area contributed by atoms with Crippen molar-refractivity contribution in [3.05, 3.63) is 33.8 Å². The van der Waals surface area contributed by atoms with Gasteiger partial charge in [-0.3, -0.25) is 4.79 Å². The second-order valence-electron chi connectivity index (χ2n) is 7.76. The SMILES string of the molecule is COc1ccc(Cl)cc1Nc1nc2c(s1)CCc1nc(NC(=O)C(C)(C)C)sc1-2. The van der Waals surface area contributed by atoms with Gasteiger partial charge in [-0.2, -0.15) is 0 Å². The van der Waals surface area contributed by atoms with Crippen molar-refractivity contribution in [3.8, 4) is 16.3 Å². The second-order valence-corrected chi connectivity index (χ2v) is 10.3. The summed E-state index contributed by atoms with van der Waals surface area (Å²) in [6.45, 7) is 5.66. The van der Waals surface area contributed by atoms with E-state index in [-0.39, 0.29) is 5.91 Å². The summed E-state index contributed by atoms with van der Waals surface area (Å²) in [7, 11) is 1.62. The lowest BCUT2D eigenvalue weighted by molar-refractivity contribution is -0.123. The number of halogens is 1. The number of hydrogen-bond acceptors (Lipinski definition) is 7. The number of thiazole rings is 2. The molecule has 6 nitrogen and oxygen atoms in total. The van der Waals surface area contributed by atoms with Crippen LogP contribution in [0.4, 0.5) is 16.0 Å². The maximum atomic E-state index is 12.3. The molecular weight excluding hydrogens is 428 g/mol. The number of nitrogens with zero attached hydrogens (tertiary/aromatic N) is 2. The number of ether oxygens (including phenoxy) is 1. The first-order chi connectivity index (χ1) is 13.7. The number of methoxy groups -OCH3 is 1. The molecule has 2 heterocycles. The zero-order valence-corrected chi connectivity index (χ0v) is 18.9. The fourth-order valence-corrected chi connectivity index (χ4v) is 5.16. The minimum atomic E-state index is -0.467. The number of benzene rings is 1. The van der Waals surface area contributed by atoms with Crippen LogP contribution in [0.15, 0.2) is 18.2 Å². The van der Waals surface area contributed by atoms with Gasteiger partial charge >= 0.3 is 0 Å². The van der Waals surface area contributed by atoms with Crippen molar-refractivity contribution < 1.29 is 9.53 Å². The molecular formula is C20H21ClN4O2S2. The van der Waals surface area contributed by atoms with Crippen LogP contribution in [-0.4, -0.2) is 23.0 Å². The highest BCUT2D eigenvalue weighted by Gasteiger charge is 2.27. The minimum Gasteiger partial charge on any atom is -0.495 e. The maximum absolute atomic E-state index is 12.3. The predicted molar refractivity (Wildman–Crippen MR) is 120 cm³/mol. The van der Waals surface area contributed by atoms with E-state index < -0.39 is 5.41 Å². The van der Waals surface area contributed by atoms with Crippen LogP contribution in [0, 0.1) is 5.41 Å². The van der Waals surface area contributed by atoms with E-state index in [0.717, 1.165) is 39.9 Å². The van der Waals surface area contributed by atoms with Crippen molar-refractivity contribution in [1.29, 1.82) is 0 Å². The largest absolute Gasteiger partial charge is 0.495 e. The van der Waals surface area contributed by atoms with Crippen LogP contribution in [0.3, 0.4) is 0 Å². The van der Waals surface area contributed by atoms with Crippen molar-refractivity contribution in [1.82, 2.24) is 9.97 Å². The highest BCUT2D eigenvalue weighted by Crippen LogP contribution is 2.43. The van der Waals surface area contributed by atoms with E-state index in [1.165, 1.54) is 16.2 Å². The van der Waals surface area contributed by atoms with Crippen molar-refractivity contribution in [3.63, 3.8) is 0 Å². The molecule has 29 heavy (non-hydrogen) atoms. The first-order valence-corrected chi connectivity index (χ1v) is 11.2. The van der Waals surface area contributed by atoms with E-state index in [9.17, 15) is 4.79 Å². The molecule has 0 fully saturated rings. The summed E-state index contributed by atoms with van der Waals surface area (Å²) < 4.78 is 5.41. The van der Waals surface area contributed by atoms with Crippen molar-refractivity contribution in [2.24, 2.45) is 5.41 Å². The summed E-state index contributed by atoms with van der Waals surface area (Å²) in [5, 5.41) is 8.28. The first kappa shape index (κ1) is 20.1. The lowest BCUT2D eigenvalue weighted by Crippen LogP contribution is -2.27. The van der Waals surface area contributed by atoms with Gasteiger partial charge in [-0.1, -0.05) is 43.7 Å². The standard InChI is InChI=1S/C20H21ClN4O2S2/c1-20(2,3)17(26)25-19-22-11-6-8-14-15(16(11)29-19)24-18(28-14)23-12-9-10(21)5-7-13(12)27-4/h5,7,9H,6,8H2,1-4H3,(H,23,24)(H,22,25,26). The summed E-state index contributed by atoms with van der Waals surface area (Å²) >= 11 is 9.23. The van der Waals surface area contributed by atoms with E-state index in [4.69, 9.17) is 21.3 Å². The lowest BCUT2D eigenvalue weighted by Gasteiger charge is -2.15. The molecule has 0 unspecified atom stereocenters. The third-order valence-corrected chi connectivity index (χ3v) is 6.79. The number of fused-ring (bicyclic) bond motifs is 3. The molecule has 0 atom stereocenters. The molecule has 0 aliphatic heterocycles. The fraction of sp³-hybridized carbons (Fsp3) is 0.350. The molecule has 9 heteroatoms. The third kappa shape index (κ3) is 4.10. The molecule has 0 spiro atoms. The zero-order chi connectivity index (χ0) is 20.8. The quantitative estimate of drug-likeness (QED) is 0.531. The number of carbonyl (C=O) groups excluding carboxylic acids is 1. The Bertz CT molecular complexity index is 1080. The molecule has 0 saturated heterocycles. The fourth-order valence-electron chi connectivity index (χ4n) is 2.92. The van der Waals surface area contributed by atoms with Gasteiger partial charge in [0.1, 0.15) is 5.75 Å². The van der Waals surface area contributed by atoms with E-state index >= 15 is 0 Å². The Balaban J connectivity index is 1.62. The highest BCUT2D eigenvalue weighted by atomic mass is 35.5. The zero-order valence-electron chi connectivity index (χ0n) is 16.6. The van der Waals surface area contributed by atoms with E-state index in [1.54, 1.807) is 24.5 Å². The number of aromatic nitrogens is 2. The van der Waals surface area contributed by atoms with Crippen LogP contribution < -0.4 is 15.4 Å². The van der Waals surface area contributed by atoms with Gasteiger partial charge in [0.15, 0.2) is 10.3 Å². The van der Waals surface area contributed by atoms with Crippen LogP contribution in [-0.2, 0) is 17.6 Å². The molecule has 2 aromatic heterocycles. The molecule has 1 aliphatic rings. The molecule has 0 saturated carbocycles. The van der Waals surface area contributed by atoms with E-state index in [2.05, 4.69) is 15.6 Å². The van der Waals surface area contributed by atoms with Crippen LogP contribution in [0.25, 0.3) is 10.6 Å². The first-order valence-electron chi connectivity index (χ1n) is 9.16. The summed E-state index contributed by atoms with van der Waals surface area (Å²) in [4.78, 5) is 24.0. The minimum absolute atomic E-state index is 0.0440. The van der Waals surface area contributed by atoms with E-state index in [1.807, 2.05) is 32.9 Å². The second kappa shape index (κ2) is 7.59. The van der Waals surface area contributed by atoms with Gasteiger partial charge in [0.2, 0.25) is 5.91 Å². The number of amides is 1. The van der Waals surface area contributed by atoms with Crippen LogP contribution in [0.1, 0.15) is 31.3 Å². The van der Waals surface area contributed by atoms with Crippen LogP contribution in [0.2, 0.25) is 5.02 Å². The summed E-state index contributed by atoms with van der Waals surface area (Å²) in [5.41, 5.74) is 2.23. The third-order valence-electron chi connectivity index (χ3n) is 4.50. The summed E-state index contributed by atoms with van der Waals surface area (Å²) in [6.07, 6.45) is 1.72.